The van der Waals surface area contributed by atoms with E-state index in [1.165, 1.54) is 30.9 Å². The molecule has 1 aliphatic carbocycles. The molecule has 1 fully saturated rings. The Bertz CT molecular complexity index is 1270. The number of carbonyl (C=O) groups is 2. The summed E-state index contributed by atoms with van der Waals surface area (Å²) in [5.74, 6) is 0.0126. The van der Waals surface area contributed by atoms with Crippen molar-refractivity contribution in [3.8, 4) is 11.3 Å². The first-order valence-corrected chi connectivity index (χ1v) is 11.2. The molecule has 2 heterocycles. The smallest absolute Gasteiger partial charge is 0.382 e. The van der Waals surface area contributed by atoms with E-state index in [9.17, 15) is 22.8 Å². The number of ketones is 1. The first-order valence-electron chi connectivity index (χ1n) is 11.2. The van der Waals surface area contributed by atoms with Crippen molar-refractivity contribution < 1.29 is 27.6 Å². The van der Waals surface area contributed by atoms with Crippen molar-refractivity contribution in [1.29, 1.82) is 0 Å². The maximum absolute atomic E-state index is 12.7. The van der Waals surface area contributed by atoms with Crippen LogP contribution in [-0.2, 0) is 4.84 Å². The second kappa shape index (κ2) is 9.65. The Morgan fingerprint density at radius 2 is 2.00 bits per heavy atom. The van der Waals surface area contributed by atoms with Crippen LogP contribution in [0.25, 0.3) is 16.9 Å². The van der Waals surface area contributed by atoms with Gasteiger partial charge in [0, 0.05) is 31.1 Å². The molecule has 1 saturated carbocycles. The molecule has 186 valence electrons. The summed E-state index contributed by atoms with van der Waals surface area (Å²) in [5.41, 5.74) is 3.16. The van der Waals surface area contributed by atoms with Crippen molar-refractivity contribution in [3.05, 3.63) is 47.3 Å². The van der Waals surface area contributed by atoms with Crippen LogP contribution in [0.2, 0.25) is 0 Å². The number of aromatic nitrogens is 3. The zero-order valence-corrected chi connectivity index (χ0v) is 19.6. The lowest BCUT2D eigenvalue weighted by atomic mass is 9.98. The number of hydrogen-bond donors (Lipinski definition) is 1. The number of amides is 1. The average molecular weight is 489 g/mol. The highest BCUT2D eigenvalue weighted by atomic mass is 19.4. The topological polar surface area (TPSA) is 88.8 Å². The Hall–Kier alpha value is -3.47. The van der Waals surface area contributed by atoms with Crippen LogP contribution in [0.15, 0.2) is 30.5 Å². The fourth-order valence-corrected chi connectivity index (χ4v) is 3.81. The normalized spacial score (nSPS) is 13.8. The van der Waals surface area contributed by atoms with Gasteiger partial charge >= 0.3 is 6.18 Å². The molecule has 8 nitrogen and oxygen atoms in total. The predicted octanol–water partition coefficient (Wildman–Crippen LogP) is 4.69. The van der Waals surface area contributed by atoms with Crippen LogP contribution in [0.5, 0.6) is 0 Å². The summed E-state index contributed by atoms with van der Waals surface area (Å²) >= 11 is 0. The van der Waals surface area contributed by atoms with Crippen LogP contribution in [-0.4, -0.2) is 58.2 Å². The molecule has 1 N–H and O–H groups in total. The summed E-state index contributed by atoms with van der Waals surface area (Å²) in [6.07, 6.45) is -1.12. The van der Waals surface area contributed by atoms with Gasteiger partial charge in [-0.05, 0) is 43.4 Å². The number of carbonyl (C=O) groups excluding carboxylic acids is 2. The van der Waals surface area contributed by atoms with E-state index in [0.29, 0.717) is 29.2 Å². The van der Waals surface area contributed by atoms with E-state index >= 15 is 0 Å². The van der Waals surface area contributed by atoms with Gasteiger partial charge in [0.1, 0.15) is 0 Å². The maximum atomic E-state index is 12.7. The van der Waals surface area contributed by atoms with Crippen molar-refractivity contribution in [2.24, 2.45) is 5.92 Å². The zero-order valence-electron chi connectivity index (χ0n) is 19.6. The molecule has 0 spiro atoms. The molecule has 1 aromatic carbocycles. The third kappa shape index (κ3) is 5.61. The Labute approximate surface area is 200 Å². The second-order valence-corrected chi connectivity index (χ2v) is 8.70. The van der Waals surface area contributed by atoms with E-state index in [1.54, 1.807) is 12.1 Å². The summed E-state index contributed by atoms with van der Waals surface area (Å²) in [5, 5.41) is 8.07. The third-order valence-electron chi connectivity index (χ3n) is 5.96. The number of fused-ring (bicyclic) bond motifs is 1. The number of benzene rings is 1. The largest absolute Gasteiger partial charge is 0.390 e. The van der Waals surface area contributed by atoms with E-state index in [-0.39, 0.29) is 22.8 Å². The molecule has 1 amide bonds. The van der Waals surface area contributed by atoms with Crippen molar-refractivity contribution in [1.82, 2.24) is 19.7 Å². The van der Waals surface area contributed by atoms with Gasteiger partial charge in [-0.25, -0.2) is 14.6 Å². The number of hydrogen-bond acceptors (Lipinski definition) is 6. The van der Waals surface area contributed by atoms with Crippen molar-refractivity contribution in [2.75, 3.05) is 26.0 Å². The molecule has 1 aliphatic rings. The predicted molar refractivity (Wildman–Crippen MR) is 123 cm³/mol. The number of nitrogens with zero attached hydrogens (tertiary/aromatic N) is 4. The summed E-state index contributed by atoms with van der Waals surface area (Å²) in [7, 11) is 2.72. The van der Waals surface area contributed by atoms with Crippen LogP contribution < -0.4 is 5.32 Å². The van der Waals surface area contributed by atoms with Crippen LogP contribution in [0.3, 0.4) is 0 Å². The summed E-state index contributed by atoms with van der Waals surface area (Å²) in [4.78, 5) is 34.6. The number of halogens is 3. The highest BCUT2D eigenvalue weighted by Crippen LogP contribution is 2.34. The van der Waals surface area contributed by atoms with Gasteiger partial charge in [0.25, 0.3) is 5.91 Å². The van der Waals surface area contributed by atoms with Crippen LogP contribution >= 0.6 is 0 Å². The Balaban J connectivity index is 1.72. The molecule has 4 rings (SSSR count). The molecule has 2 aromatic heterocycles. The minimum atomic E-state index is -4.33. The zero-order chi connectivity index (χ0) is 25.3. The molecule has 11 heteroatoms. The molecule has 0 radical (unpaired) electrons. The van der Waals surface area contributed by atoms with E-state index in [2.05, 4.69) is 15.4 Å². The molecule has 0 unspecified atom stereocenters. The Morgan fingerprint density at radius 3 is 2.63 bits per heavy atom. The van der Waals surface area contributed by atoms with Gasteiger partial charge in [0.15, 0.2) is 17.1 Å². The lowest BCUT2D eigenvalue weighted by Crippen LogP contribution is -2.27. The standard InChI is InChI=1S/C24H26F3N5O3/c1-14-10-16(6-7-17(14)21(33)11-15-4-5-15)20-13-29-22-18(28-9-8-24(25,26)27)12-19(30-32(20)22)23(34)31(2)35-3/h6-7,10,12-13,15,28H,4-5,8-9,11H2,1-3H3. The SMILES string of the molecule is CON(C)C(=O)c1cc(NCCC(F)(F)F)c2ncc(-c3ccc(C(=O)CC4CC4)c(C)c3)n2n1. The summed E-state index contributed by atoms with van der Waals surface area (Å²) in [6, 6.07) is 6.75. The van der Waals surface area contributed by atoms with Gasteiger partial charge in [0.05, 0.1) is 31.1 Å². The molecule has 35 heavy (non-hydrogen) atoms. The van der Waals surface area contributed by atoms with E-state index in [4.69, 9.17) is 4.84 Å². The first kappa shape index (κ1) is 24.6. The van der Waals surface area contributed by atoms with Gasteiger partial charge in [0.2, 0.25) is 0 Å². The summed E-state index contributed by atoms with van der Waals surface area (Å²) < 4.78 is 39.5. The number of alkyl halides is 3. The van der Waals surface area contributed by atoms with E-state index in [1.807, 2.05) is 13.0 Å². The highest BCUT2D eigenvalue weighted by molar-refractivity contribution is 5.98. The number of imidazole rings is 1. The molecule has 0 bridgehead atoms. The van der Waals surface area contributed by atoms with Gasteiger partial charge in [-0.1, -0.05) is 12.1 Å². The number of rotatable bonds is 9. The Kier molecular flexibility index (Phi) is 6.79. The number of nitrogens with one attached hydrogen (secondary N) is 1. The van der Waals surface area contributed by atoms with E-state index in [0.717, 1.165) is 23.5 Å². The molecule has 0 saturated heterocycles. The molecule has 3 aromatic rings. The van der Waals surface area contributed by atoms with Gasteiger partial charge in [-0.15, -0.1) is 0 Å². The highest BCUT2D eigenvalue weighted by Gasteiger charge is 2.27. The molecular weight excluding hydrogens is 463 g/mol. The van der Waals surface area contributed by atoms with Crippen LogP contribution in [0.1, 0.15) is 52.1 Å². The van der Waals surface area contributed by atoms with Crippen LogP contribution in [0, 0.1) is 12.8 Å². The number of anilines is 1. The summed E-state index contributed by atoms with van der Waals surface area (Å²) in [6.45, 7) is 1.46. The second-order valence-electron chi connectivity index (χ2n) is 8.70. The lowest BCUT2D eigenvalue weighted by Gasteiger charge is -2.15. The van der Waals surface area contributed by atoms with Crippen molar-refractivity contribution >= 4 is 23.0 Å². The fraction of sp³-hybridized carbons (Fsp3) is 0.417. The number of aryl methyl sites for hydroxylation is 1. The monoisotopic (exact) mass is 489 g/mol. The van der Waals surface area contributed by atoms with Gasteiger partial charge < -0.3 is 5.32 Å². The maximum Gasteiger partial charge on any atom is 0.390 e. The average Bonchev–Trinajstić information content (AvgIpc) is 3.51. The Morgan fingerprint density at radius 1 is 1.26 bits per heavy atom. The van der Waals surface area contributed by atoms with Gasteiger partial charge in [-0.2, -0.15) is 18.3 Å². The minimum Gasteiger partial charge on any atom is -0.382 e. The molecule has 0 atom stereocenters. The first-order chi connectivity index (χ1) is 16.6. The number of hydroxylamine groups is 2. The third-order valence-corrected chi connectivity index (χ3v) is 5.96. The quantitative estimate of drug-likeness (QED) is 0.347. The lowest BCUT2D eigenvalue weighted by molar-refractivity contribution is -0.131. The van der Waals surface area contributed by atoms with Crippen LogP contribution in [0.4, 0.5) is 18.9 Å². The fourth-order valence-electron chi connectivity index (χ4n) is 3.81. The van der Waals surface area contributed by atoms with E-state index < -0.39 is 25.0 Å². The molecule has 0 aliphatic heterocycles. The van der Waals surface area contributed by atoms with Gasteiger partial charge in [-0.3, -0.25) is 14.4 Å². The minimum absolute atomic E-state index is 0.0384. The van der Waals surface area contributed by atoms with Crippen molar-refractivity contribution in [2.45, 2.75) is 38.8 Å². The number of Topliss-reactive ketones (excluding diaryl/α,β-unsaturated/α-hetero) is 1. The van der Waals surface area contributed by atoms with Crippen molar-refractivity contribution in [3.63, 3.8) is 0 Å². The molecular formula is C24H26F3N5O3.